The number of Topliss-reactive ketones (excluding diaryl/α,β-unsaturated/α-hetero) is 1. The summed E-state index contributed by atoms with van der Waals surface area (Å²) in [5.74, 6) is -1.26. The molecule has 0 heterocycles. The van der Waals surface area contributed by atoms with E-state index in [4.69, 9.17) is 0 Å². The quantitative estimate of drug-likeness (QED) is 0.155. The molecule has 0 aromatic heterocycles. The van der Waals surface area contributed by atoms with Crippen molar-refractivity contribution in [2.75, 3.05) is 7.11 Å². The molecule has 0 saturated heterocycles. The molecule has 0 aliphatic carbocycles. The zero-order chi connectivity index (χ0) is 13.7. The first-order valence-corrected chi connectivity index (χ1v) is 5.05. The number of methoxy groups -OCH3 is 1. The number of non-ortho nitro benzene ring substituents is 1. The first-order chi connectivity index (χ1) is 8.51. The van der Waals surface area contributed by atoms with Gasteiger partial charge in [0, 0.05) is 17.7 Å². The number of ether oxygens (including phenoxy) is 1. The van der Waals surface area contributed by atoms with Crippen LogP contribution < -0.4 is 0 Å². The second kappa shape index (κ2) is 5.72. The molecule has 0 fully saturated rings. The van der Waals surface area contributed by atoms with Gasteiger partial charge < -0.3 is 4.74 Å². The third kappa shape index (κ3) is 2.79. The Bertz CT molecular complexity index is 516. The van der Waals surface area contributed by atoms with Crippen molar-refractivity contribution in [3.05, 3.63) is 51.6 Å². The highest BCUT2D eigenvalue weighted by Gasteiger charge is 2.20. The van der Waals surface area contributed by atoms with Crippen LogP contribution in [0.1, 0.15) is 17.3 Å². The molecular formula is C12H11NO5. The smallest absolute Gasteiger partial charge is 0.341 e. The van der Waals surface area contributed by atoms with Crippen LogP contribution in [0.4, 0.5) is 5.69 Å². The van der Waals surface area contributed by atoms with Crippen LogP contribution in [0, 0.1) is 10.1 Å². The maximum absolute atomic E-state index is 11.9. The van der Waals surface area contributed by atoms with Gasteiger partial charge in [0.05, 0.1) is 12.0 Å². The van der Waals surface area contributed by atoms with Crippen molar-refractivity contribution >= 4 is 17.4 Å². The fourth-order valence-electron chi connectivity index (χ4n) is 1.34. The first-order valence-electron chi connectivity index (χ1n) is 5.05. The zero-order valence-electron chi connectivity index (χ0n) is 9.88. The molecule has 0 atom stereocenters. The summed E-state index contributed by atoms with van der Waals surface area (Å²) in [6.45, 7) is 1.54. The fraction of sp³-hybridized carbons (Fsp3) is 0.167. The van der Waals surface area contributed by atoms with Crippen molar-refractivity contribution in [1.82, 2.24) is 0 Å². The largest absolute Gasteiger partial charge is 0.465 e. The Hall–Kier alpha value is -2.50. The lowest BCUT2D eigenvalue weighted by atomic mass is 10.0. The van der Waals surface area contributed by atoms with Crippen LogP contribution in [0.3, 0.4) is 0 Å². The van der Waals surface area contributed by atoms with Crippen molar-refractivity contribution < 1.29 is 19.2 Å². The van der Waals surface area contributed by atoms with Crippen LogP contribution in [0.15, 0.2) is 35.9 Å². The average molecular weight is 249 g/mol. The maximum atomic E-state index is 11.9. The van der Waals surface area contributed by atoms with E-state index in [0.29, 0.717) is 0 Å². The molecule has 1 aromatic rings. The normalized spacial score (nSPS) is 10.9. The van der Waals surface area contributed by atoms with Crippen LogP contribution in [0.25, 0.3) is 0 Å². The van der Waals surface area contributed by atoms with Crippen LogP contribution in [0.2, 0.25) is 0 Å². The van der Waals surface area contributed by atoms with Gasteiger partial charge in [-0.25, -0.2) is 4.79 Å². The van der Waals surface area contributed by atoms with E-state index >= 15 is 0 Å². The van der Waals surface area contributed by atoms with Crippen LogP contribution >= 0.6 is 0 Å². The van der Waals surface area contributed by atoms with E-state index < -0.39 is 16.7 Å². The molecule has 0 aliphatic rings. The standard InChI is InChI=1S/C12H11NO5/c1-3-10(12(15)18-2)11(14)8-4-6-9(7-5-8)13(16)17/h3-7H,1-2H3/b10-3-. The van der Waals surface area contributed by atoms with Crippen molar-refractivity contribution in [1.29, 1.82) is 0 Å². The third-order valence-corrected chi connectivity index (χ3v) is 2.28. The molecule has 18 heavy (non-hydrogen) atoms. The lowest BCUT2D eigenvalue weighted by molar-refractivity contribution is -0.384. The average Bonchev–Trinajstić information content (AvgIpc) is 2.39. The van der Waals surface area contributed by atoms with Gasteiger partial charge in [0.25, 0.3) is 5.69 Å². The summed E-state index contributed by atoms with van der Waals surface area (Å²) in [5.41, 5.74) is -0.0305. The number of benzene rings is 1. The van der Waals surface area contributed by atoms with Gasteiger partial charge in [-0.05, 0) is 19.1 Å². The summed E-state index contributed by atoms with van der Waals surface area (Å²) in [4.78, 5) is 33.1. The Labute approximate surface area is 103 Å². The van der Waals surface area contributed by atoms with Gasteiger partial charge in [-0.1, -0.05) is 6.08 Å². The molecular weight excluding hydrogens is 238 g/mol. The third-order valence-electron chi connectivity index (χ3n) is 2.28. The Morgan fingerprint density at radius 1 is 1.28 bits per heavy atom. The van der Waals surface area contributed by atoms with Crippen molar-refractivity contribution in [3.63, 3.8) is 0 Å². The lowest BCUT2D eigenvalue weighted by Gasteiger charge is -2.03. The Kier molecular flexibility index (Phi) is 4.31. The highest BCUT2D eigenvalue weighted by Crippen LogP contribution is 2.15. The van der Waals surface area contributed by atoms with E-state index in [1.807, 2.05) is 0 Å². The van der Waals surface area contributed by atoms with E-state index in [1.54, 1.807) is 0 Å². The summed E-state index contributed by atoms with van der Waals surface area (Å²) < 4.78 is 4.47. The number of carbonyl (C=O) groups is 2. The highest BCUT2D eigenvalue weighted by molar-refractivity contribution is 6.24. The van der Waals surface area contributed by atoms with Crippen LogP contribution in [0.5, 0.6) is 0 Å². The Morgan fingerprint density at radius 3 is 2.22 bits per heavy atom. The van der Waals surface area contributed by atoms with E-state index in [2.05, 4.69) is 4.74 Å². The van der Waals surface area contributed by atoms with Crippen LogP contribution in [-0.2, 0) is 9.53 Å². The maximum Gasteiger partial charge on any atom is 0.341 e. The predicted molar refractivity (Wildman–Crippen MR) is 63.2 cm³/mol. The summed E-state index contributed by atoms with van der Waals surface area (Å²) >= 11 is 0. The minimum atomic E-state index is -0.735. The zero-order valence-corrected chi connectivity index (χ0v) is 9.88. The molecule has 1 rings (SSSR count). The SMILES string of the molecule is C/C=C(\C(=O)OC)C(=O)c1ccc([N+](=O)[O-])cc1. The molecule has 0 N–H and O–H groups in total. The monoisotopic (exact) mass is 249 g/mol. The molecule has 6 heteroatoms. The molecule has 0 saturated carbocycles. The van der Waals surface area contributed by atoms with E-state index in [-0.39, 0.29) is 16.8 Å². The number of nitro benzene ring substituents is 1. The van der Waals surface area contributed by atoms with Crippen molar-refractivity contribution in [3.8, 4) is 0 Å². The first kappa shape index (κ1) is 13.6. The van der Waals surface area contributed by atoms with Crippen LogP contribution in [-0.4, -0.2) is 23.8 Å². The molecule has 0 amide bonds. The number of allylic oxidation sites excluding steroid dienone is 1. The second-order valence-corrected chi connectivity index (χ2v) is 3.33. The Balaban J connectivity index is 3.04. The van der Waals surface area contributed by atoms with Gasteiger partial charge in [-0.15, -0.1) is 0 Å². The van der Waals surface area contributed by atoms with E-state index in [9.17, 15) is 19.7 Å². The highest BCUT2D eigenvalue weighted by atomic mass is 16.6. The molecule has 0 unspecified atom stereocenters. The minimum absolute atomic E-state index is 0.105. The number of rotatable bonds is 4. The number of hydrogen-bond acceptors (Lipinski definition) is 5. The Morgan fingerprint density at radius 2 is 1.83 bits per heavy atom. The lowest BCUT2D eigenvalue weighted by Crippen LogP contribution is -2.14. The molecule has 6 nitrogen and oxygen atoms in total. The van der Waals surface area contributed by atoms with Gasteiger partial charge in [0.2, 0.25) is 0 Å². The molecule has 0 aliphatic heterocycles. The van der Waals surface area contributed by atoms with Gasteiger partial charge in [0.1, 0.15) is 5.57 Å². The van der Waals surface area contributed by atoms with E-state index in [1.165, 1.54) is 44.4 Å². The fourth-order valence-corrected chi connectivity index (χ4v) is 1.34. The van der Waals surface area contributed by atoms with Gasteiger partial charge in [0.15, 0.2) is 5.78 Å². The number of carbonyl (C=O) groups excluding carboxylic acids is 2. The number of nitro groups is 1. The molecule has 94 valence electrons. The van der Waals surface area contributed by atoms with Crippen molar-refractivity contribution in [2.45, 2.75) is 6.92 Å². The number of esters is 1. The predicted octanol–water partition coefficient (Wildman–Crippen LogP) is 1.90. The van der Waals surface area contributed by atoms with E-state index in [0.717, 1.165) is 0 Å². The van der Waals surface area contributed by atoms with Crippen molar-refractivity contribution in [2.24, 2.45) is 0 Å². The number of ketones is 1. The van der Waals surface area contributed by atoms with Gasteiger partial charge in [-0.3, -0.25) is 14.9 Å². The molecule has 0 radical (unpaired) electrons. The number of hydrogen-bond donors (Lipinski definition) is 0. The minimum Gasteiger partial charge on any atom is -0.465 e. The molecule has 0 bridgehead atoms. The van der Waals surface area contributed by atoms with Gasteiger partial charge in [-0.2, -0.15) is 0 Å². The second-order valence-electron chi connectivity index (χ2n) is 3.33. The number of nitrogens with zero attached hydrogens (tertiary/aromatic N) is 1. The molecule has 0 spiro atoms. The summed E-state index contributed by atoms with van der Waals surface area (Å²) in [6.07, 6.45) is 1.34. The summed E-state index contributed by atoms with van der Waals surface area (Å²) in [6, 6.07) is 5.01. The molecule has 1 aromatic carbocycles. The topological polar surface area (TPSA) is 86.5 Å². The summed E-state index contributed by atoms with van der Waals surface area (Å²) in [5, 5.41) is 10.5. The van der Waals surface area contributed by atoms with Gasteiger partial charge >= 0.3 is 5.97 Å². The summed E-state index contributed by atoms with van der Waals surface area (Å²) in [7, 11) is 1.18.